The number of rotatable bonds is 6. The fraction of sp³-hybridized carbons (Fsp3) is 0.333. The van der Waals surface area contributed by atoms with E-state index in [2.05, 4.69) is 10.00 Å². The van der Waals surface area contributed by atoms with Gasteiger partial charge < -0.3 is 9.47 Å². The van der Waals surface area contributed by atoms with Crippen molar-refractivity contribution in [1.82, 2.24) is 14.7 Å². The Hall–Kier alpha value is -2.57. The predicted octanol–water partition coefficient (Wildman–Crippen LogP) is 3.70. The molecule has 0 unspecified atom stereocenters. The molecule has 28 heavy (non-hydrogen) atoms. The highest BCUT2D eigenvalue weighted by Crippen LogP contribution is 2.27. The van der Waals surface area contributed by atoms with Gasteiger partial charge in [-0.15, -0.1) is 0 Å². The zero-order valence-corrected chi connectivity index (χ0v) is 16.4. The minimum absolute atomic E-state index is 0.209. The molecule has 2 heterocycles. The fourth-order valence-corrected chi connectivity index (χ4v) is 3.87. The lowest BCUT2D eigenvalue weighted by Crippen LogP contribution is -2.38. The van der Waals surface area contributed by atoms with Crippen LogP contribution in [0.4, 0.5) is 0 Å². The Morgan fingerprint density at radius 3 is 2.75 bits per heavy atom. The summed E-state index contributed by atoms with van der Waals surface area (Å²) < 4.78 is 12.5. The highest BCUT2D eigenvalue weighted by atomic mass is 35.5. The summed E-state index contributed by atoms with van der Waals surface area (Å²) in [5.74, 6) is 0.571. The summed E-state index contributed by atoms with van der Waals surface area (Å²) in [5, 5.41) is 6.08. The van der Waals surface area contributed by atoms with E-state index in [0.29, 0.717) is 18.3 Å². The SMILES string of the molecule is COC(=O)CN1CCC[C@H]1COc1ccc(-n2nc3ccccc3c2Cl)cc1. The van der Waals surface area contributed by atoms with Gasteiger partial charge in [0.2, 0.25) is 0 Å². The van der Waals surface area contributed by atoms with Crippen LogP contribution in [0.3, 0.4) is 0 Å². The summed E-state index contributed by atoms with van der Waals surface area (Å²) in [7, 11) is 1.42. The van der Waals surface area contributed by atoms with Crippen LogP contribution in [0, 0.1) is 0 Å². The zero-order valence-electron chi connectivity index (χ0n) is 15.7. The van der Waals surface area contributed by atoms with Gasteiger partial charge in [-0.1, -0.05) is 23.7 Å². The predicted molar refractivity (Wildman–Crippen MR) is 108 cm³/mol. The molecule has 0 amide bonds. The third kappa shape index (κ3) is 3.84. The first-order valence-electron chi connectivity index (χ1n) is 9.33. The minimum Gasteiger partial charge on any atom is -0.492 e. The van der Waals surface area contributed by atoms with Gasteiger partial charge in [-0.2, -0.15) is 5.10 Å². The largest absolute Gasteiger partial charge is 0.492 e. The molecule has 1 fully saturated rings. The van der Waals surface area contributed by atoms with E-state index in [4.69, 9.17) is 21.1 Å². The van der Waals surface area contributed by atoms with Crippen LogP contribution in [0.2, 0.25) is 5.15 Å². The van der Waals surface area contributed by atoms with Crippen molar-refractivity contribution in [2.75, 3.05) is 26.8 Å². The topological polar surface area (TPSA) is 56.6 Å². The molecule has 0 N–H and O–H groups in total. The normalized spacial score (nSPS) is 17.1. The lowest BCUT2D eigenvalue weighted by Gasteiger charge is -2.23. The smallest absolute Gasteiger partial charge is 0.319 e. The van der Waals surface area contributed by atoms with Gasteiger partial charge in [0.05, 0.1) is 24.9 Å². The molecule has 0 saturated carbocycles. The van der Waals surface area contributed by atoms with Crippen molar-refractivity contribution in [3.8, 4) is 11.4 Å². The van der Waals surface area contributed by atoms with Crippen LogP contribution in [0.15, 0.2) is 48.5 Å². The number of likely N-dealkylation sites (tertiary alicyclic amines) is 1. The molecule has 3 aromatic rings. The summed E-state index contributed by atoms with van der Waals surface area (Å²) in [6, 6.07) is 15.7. The van der Waals surface area contributed by atoms with Crippen molar-refractivity contribution in [2.24, 2.45) is 0 Å². The molecule has 0 bridgehead atoms. The summed E-state index contributed by atoms with van der Waals surface area (Å²) in [4.78, 5) is 13.6. The Balaban J connectivity index is 1.42. The first-order valence-corrected chi connectivity index (χ1v) is 9.71. The molecule has 1 atom stereocenters. The number of carbonyl (C=O) groups is 1. The molecule has 0 aliphatic carbocycles. The molecule has 1 saturated heterocycles. The second-order valence-corrected chi connectivity index (χ2v) is 7.23. The average molecular weight is 400 g/mol. The summed E-state index contributed by atoms with van der Waals surface area (Å²) in [6.07, 6.45) is 2.08. The van der Waals surface area contributed by atoms with E-state index >= 15 is 0 Å². The molecule has 6 nitrogen and oxygen atoms in total. The molecule has 4 rings (SSSR count). The number of benzene rings is 2. The van der Waals surface area contributed by atoms with Crippen molar-refractivity contribution in [1.29, 1.82) is 0 Å². The second-order valence-electron chi connectivity index (χ2n) is 6.87. The van der Waals surface area contributed by atoms with Crippen LogP contribution in [-0.2, 0) is 9.53 Å². The molecular formula is C21H22ClN3O3. The number of fused-ring (bicyclic) bond motifs is 1. The first-order chi connectivity index (χ1) is 13.7. The maximum Gasteiger partial charge on any atom is 0.319 e. The number of halogens is 1. The molecule has 1 aliphatic heterocycles. The average Bonchev–Trinajstić information content (AvgIpc) is 3.31. The number of nitrogens with zero attached hydrogens (tertiary/aromatic N) is 3. The van der Waals surface area contributed by atoms with Gasteiger partial charge in [-0.05, 0) is 55.8 Å². The molecule has 1 aliphatic rings. The number of hydrogen-bond donors (Lipinski definition) is 0. The number of hydrogen-bond acceptors (Lipinski definition) is 5. The van der Waals surface area contributed by atoms with Gasteiger partial charge in [-0.3, -0.25) is 9.69 Å². The molecule has 2 aromatic carbocycles. The second kappa shape index (κ2) is 8.20. The van der Waals surface area contributed by atoms with Crippen LogP contribution in [0.1, 0.15) is 12.8 Å². The highest BCUT2D eigenvalue weighted by Gasteiger charge is 2.27. The van der Waals surface area contributed by atoms with E-state index in [0.717, 1.165) is 41.7 Å². The van der Waals surface area contributed by atoms with Crippen molar-refractivity contribution < 1.29 is 14.3 Å². The van der Waals surface area contributed by atoms with Crippen LogP contribution >= 0.6 is 11.6 Å². The Morgan fingerprint density at radius 2 is 2.00 bits per heavy atom. The molecule has 146 valence electrons. The third-order valence-electron chi connectivity index (χ3n) is 5.10. The number of carbonyl (C=O) groups excluding carboxylic acids is 1. The van der Waals surface area contributed by atoms with Gasteiger partial charge in [-0.25, -0.2) is 4.68 Å². The molecule has 1 aromatic heterocycles. The lowest BCUT2D eigenvalue weighted by molar-refractivity contribution is -0.142. The summed E-state index contributed by atoms with van der Waals surface area (Å²) >= 11 is 6.47. The molecular weight excluding hydrogens is 378 g/mol. The van der Waals surface area contributed by atoms with Gasteiger partial charge in [0.15, 0.2) is 0 Å². The van der Waals surface area contributed by atoms with Gasteiger partial charge in [0, 0.05) is 11.4 Å². The van der Waals surface area contributed by atoms with E-state index in [1.54, 1.807) is 4.68 Å². The van der Waals surface area contributed by atoms with Crippen LogP contribution in [0.25, 0.3) is 16.6 Å². The standard InChI is InChI=1S/C21H22ClN3O3/c1-27-20(26)13-24-12-4-5-16(24)14-28-17-10-8-15(9-11-17)25-21(22)18-6-2-3-7-19(18)23-25/h2-3,6-11,16H,4-5,12-14H2,1H3/t16-/m0/s1. The van der Waals surface area contributed by atoms with Gasteiger partial charge >= 0.3 is 5.97 Å². The van der Waals surface area contributed by atoms with Crippen LogP contribution < -0.4 is 4.74 Å². The number of aromatic nitrogens is 2. The Morgan fingerprint density at radius 1 is 1.21 bits per heavy atom. The monoisotopic (exact) mass is 399 g/mol. The summed E-state index contributed by atoms with van der Waals surface area (Å²) in [5.41, 5.74) is 1.74. The van der Waals surface area contributed by atoms with Crippen molar-refractivity contribution in [3.63, 3.8) is 0 Å². The van der Waals surface area contributed by atoms with E-state index < -0.39 is 0 Å². The lowest BCUT2D eigenvalue weighted by atomic mass is 10.2. The quantitative estimate of drug-likeness (QED) is 0.591. The first kappa shape index (κ1) is 18.8. The summed E-state index contributed by atoms with van der Waals surface area (Å²) in [6.45, 7) is 1.75. The van der Waals surface area contributed by atoms with Gasteiger partial charge in [0.1, 0.15) is 17.5 Å². The van der Waals surface area contributed by atoms with E-state index in [1.807, 2.05) is 48.5 Å². The fourth-order valence-electron chi connectivity index (χ4n) is 3.57. The number of ether oxygens (including phenoxy) is 2. The molecule has 7 heteroatoms. The Labute approximate surface area is 168 Å². The van der Waals surface area contributed by atoms with Crippen molar-refractivity contribution >= 4 is 28.5 Å². The van der Waals surface area contributed by atoms with E-state index in [1.165, 1.54) is 7.11 Å². The van der Waals surface area contributed by atoms with E-state index in [-0.39, 0.29) is 12.0 Å². The van der Waals surface area contributed by atoms with E-state index in [9.17, 15) is 4.79 Å². The zero-order chi connectivity index (χ0) is 19.5. The number of esters is 1. The highest BCUT2D eigenvalue weighted by molar-refractivity contribution is 6.34. The van der Waals surface area contributed by atoms with Crippen LogP contribution in [-0.4, -0.2) is 53.5 Å². The third-order valence-corrected chi connectivity index (χ3v) is 5.47. The Bertz CT molecular complexity index is 971. The number of methoxy groups -OCH3 is 1. The van der Waals surface area contributed by atoms with Crippen molar-refractivity contribution in [2.45, 2.75) is 18.9 Å². The maximum absolute atomic E-state index is 11.5. The van der Waals surface area contributed by atoms with Gasteiger partial charge in [0.25, 0.3) is 0 Å². The Kier molecular flexibility index (Phi) is 5.50. The van der Waals surface area contributed by atoms with Crippen LogP contribution in [0.5, 0.6) is 5.75 Å². The van der Waals surface area contributed by atoms with Crippen molar-refractivity contribution in [3.05, 3.63) is 53.7 Å². The minimum atomic E-state index is -0.209. The molecule has 0 radical (unpaired) electrons. The molecule has 0 spiro atoms. The maximum atomic E-state index is 11.5.